The van der Waals surface area contributed by atoms with Crippen molar-refractivity contribution in [2.45, 2.75) is 30.2 Å². The largest absolute Gasteiger partial charge is 0.508 e. The Morgan fingerprint density at radius 2 is 1.96 bits per heavy atom. The number of carbonyl (C=O) groups is 1. The number of phenols is 1. The highest BCUT2D eigenvalue weighted by atomic mass is 32.2. The fraction of sp³-hybridized carbons (Fsp3) is 0.263. The number of rotatable bonds is 4. The lowest BCUT2D eigenvalue weighted by atomic mass is 10.0. The summed E-state index contributed by atoms with van der Waals surface area (Å²) >= 11 is 1.33. The molecule has 0 fully saturated rings. The van der Waals surface area contributed by atoms with E-state index in [1.807, 2.05) is 30.0 Å². The van der Waals surface area contributed by atoms with Crippen LogP contribution < -0.4 is 4.90 Å². The molecule has 138 valence electrons. The topological polar surface area (TPSA) is 84.1 Å². The molecule has 7 nitrogen and oxygen atoms in total. The van der Waals surface area contributed by atoms with Crippen LogP contribution in [0, 0.1) is 0 Å². The van der Waals surface area contributed by atoms with Gasteiger partial charge in [0.15, 0.2) is 0 Å². The van der Waals surface area contributed by atoms with Crippen LogP contribution in [-0.4, -0.2) is 43.0 Å². The van der Waals surface area contributed by atoms with Gasteiger partial charge in [0.1, 0.15) is 5.75 Å². The van der Waals surface area contributed by atoms with E-state index >= 15 is 0 Å². The molecule has 27 heavy (non-hydrogen) atoms. The highest BCUT2D eigenvalue weighted by Gasteiger charge is 2.28. The first-order chi connectivity index (χ1) is 13.1. The van der Waals surface area contributed by atoms with E-state index in [1.54, 1.807) is 28.9 Å². The molecule has 0 radical (unpaired) electrons. The highest BCUT2D eigenvalue weighted by molar-refractivity contribution is 8.00. The van der Waals surface area contributed by atoms with Crippen molar-refractivity contribution in [3.8, 4) is 11.4 Å². The van der Waals surface area contributed by atoms with Gasteiger partial charge in [0.05, 0.1) is 10.9 Å². The lowest BCUT2D eigenvalue weighted by molar-refractivity contribution is -0.117. The third-order valence-electron chi connectivity index (χ3n) is 4.54. The van der Waals surface area contributed by atoms with Gasteiger partial charge in [-0.25, -0.2) is 0 Å². The first-order valence-electron chi connectivity index (χ1n) is 8.77. The predicted octanol–water partition coefficient (Wildman–Crippen LogP) is 2.83. The van der Waals surface area contributed by atoms with Gasteiger partial charge >= 0.3 is 0 Å². The van der Waals surface area contributed by atoms with Crippen LogP contribution in [0.25, 0.3) is 5.69 Å². The third kappa shape index (κ3) is 3.52. The number of aryl methyl sites for hydroxylation is 1. The molecule has 0 saturated heterocycles. The summed E-state index contributed by atoms with van der Waals surface area (Å²) in [5.74, 6) is 0.223. The van der Waals surface area contributed by atoms with Gasteiger partial charge in [-0.3, -0.25) is 4.79 Å². The molecule has 1 atom stereocenters. The number of aromatic hydroxyl groups is 1. The monoisotopic (exact) mass is 381 g/mol. The predicted molar refractivity (Wildman–Crippen MR) is 103 cm³/mol. The zero-order valence-corrected chi connectivity index (χ0v) is 15.6. The Kier molecular flexibility index (Phi) is 4.81. The van der Waals surface area contributed by atoms with Gasteiger partial charge in [-0.05, 0) is 66.1 Å². The second-order valence-corrected chi connectivity index (χ2v) is 7.68. The van der Waals surface area contributed by atoms with Gasteiger partial charge in [0.25, 0.3) is 0 Å². The van der Waals surface area contributed by atoms with E-state index in [4.69, 9.17) is 0 Å². The van der Waals surface area contributed by atoms with Crippen LogP contribution in [0.15, 0.2) is 53.7 Å². The summed E-state index contributed by atoms with van der Waals surface area (Å²) in [6.45, 7) is 2.60. The molecule has 1 unspecified atom stereocenters. The summed E-state index contributed by atoms with van der Waals surface area (Å²) in [5.41, 5.74) is 2.94. The number of aromatic nitrogens is 4. The van der Waals surface area contributed by atoms with Gasteiger partial charge in [0, 0.05) is 12.2 Å². The third-order valence-corrected chi connectivity index (χ3v) is 5.56. The quantitative estimate of drug-likeness (QED) is 0.700. The van der Waals surface area contributed by atoms with Gasteiger partial charge in [-0.2, -0.15) is 4.68 Å². The summed E-state index contributed by atoms with van der Waals surface area (Å²) in [6.07, 6.45) is 1.96. The van der Waals surface area contributed by atoms with Gasteiger partial charge in [0.2, 0.25) is 11.1 Å². The van der Waals surface area contributed by atoms with E-state index in [2.05, 4.69) is 21.6 Å². The number of thioether (sulfide) groups is 1. The molecule has 2 heterocycles. The molecule has 1 aliphatic rings. The second-order valence-electron chi connectivity index (χ2n) is 6.37. The van der Waals surface area contributed by atoms with E-state index < -0.39 is 0 Å². The van der Waals surface area contributed by atoms with Crippen molar-refractivity contribution >= 4 is 23.4 Å². The van der Waals surface area contributed by atoms with E-state index in [-0.39, 0.29) is 16.9 Å². The van der Waals surface area contributed by atoms with Gasteiger partial charge in [-0.1, -0.05) is 30.0 Å². The van der Waals surface area contributed by atoms with Crippen LogP contribution in [0.1, 0.15) is 18.9 Å². The van der Waals surface area contributed by atoms with Crippen LogP contribution in [0.5, 0.6) is 5.75 Å². The number of phenolic OH excluding ortho intramolecular Hbond substituents is 1. The maximum absolute atomic E-state index is 13.1. The summed E-state index contributed by atoms with van der Waals surface area (Å²) in [4.78, 5) is 14.9. The smallest absolute Gasteiger partial charge is 0.240 e. The highest BCUT2D eigenvalue weighted by Crippen LogP contribution is 2.31. The number of nitrogens with zero attached hydrogens (tertiary/aromatic N) is 5. The number of anilines is 1. The summed E-state index contributed by atoms with van der Waals surface area (Å²) < 4.78 is 1.57. The van der Waals surface area contributed by atoms with Gasteiger partial charge in [-0.15, -0.1) is 5.10 Å². The number of fused-ring (bicyclic) bond motifs is 1. The molecular formula is C19H19N5O2S. The number of hydrogen-bond donors (Lipinski definition) is 1. The summed E-state index contributed by atoms with van der Waals surface area (Å²) in [5, 5.41) is 21.4. The Bertz CT molecular complexity index is 957. The molecule has 1 aromatic heterocycles. The molecule has 4 rings (SSSR count). The van der Waals surface area contributed by atoms with Crippen LogP contribution in [0.3, 0.4) is 0 Å². The average Bonchev–Trinajstić information content (AvgIpc) is 3.15. The van der Waals surface area contributed by atoms with Crippen molar-refractivity contribution in [3.63, 3.8) is 0 Å². The van der Waals surface area contributed by atoms with Crippen molar-refractivity contribution in [2.75, 3.05) is 11.4 Å². The van der Waals surface area contributed by atoms with E-state index in [9.17, 15) is 9.90 Å². The molecule has 8 heteroatoms. The molecule has 0 saturated carbocycles. The molecule has 1 amide bonds. The lowest BCUT2D eigenvalue weighted by Gasteiger charge is -2.31. The maximum Gasteiger partial charge on any atom is 0.240 e. The van der Waals surface area contributed by atoms with Crippen LogP contribution in [0.2, 0.25) is 0 Å². The summed E-state index contributed by atoms with van der Waals surface area (Å²) in [6, 6.07) is 14.7. The zero-order chi connectivity index (χ0) is 18.8. The van der Waals surface area contributed by atoms with Crippen molar-refractivity contribution in [2.24, 2.45) is 0 Å². The Balaban J connectivity index is 1.54. The fourth-order valence-corrected chi connectivity index (χ4v) is 4.07. The van der Waals surface area contributed by atoms with Crippen LogP contribution >= 0.6 is 11.8 Å². The molecular weight excluding hydrogens is 362 g/mol. The zero-order valence-electron chi connectivity index (χ0n) is 14.8. The Morgan fingerprint density at radius 1 is 1.19 bits per heavy atom. The molecule has 3 aromatic rings. The first kappa shape index (κ1) is 17.5. The van der Waals surface area contributed by atoms with Crippen molar-refractivity contribution in [1.29, 1.82) is 0 Å². The Labute approximate surface area is 161 Å². The van der Waals surface area contributed by atoms with Crippen LogP contribution in [-0.2, 0) is 11.2 Å². The molecule has 0 aliphatic carbocycles. The molecule has 2 aromatic carbocycles. The minimum atomic E-state index is -0.335. The number of amides is 1. The number of benzene rings is 2. The number of carbonyl (C=O) groups excluding carboxylic acids is 1. The van der Waals surface area contributed by atoms with Crippen molar-refractivity contribution in [1.82, 2.24) is 20.2 Å². The Morgan fingerprint density at radius 3 is 2.78 bits per heavy atom. The average molecular weight is 381 g/mol. The molecule has 1 aliphatic heterocycles. The van der Waals surface area contributed by atoms with E-state index in [1.165, 1.54) is 17.3 Å². The molecule has 0 spiro atoms. The molecule has 0 bridgehead atoms. The summed E-state index contributed by atoms with van der Waals surface area (Å²) in [7, 11) is 0. The number of para-hydroxylation sites is 1. The minimum absolute atomic E-state index is 0.0485. The number of tetrazole rings is 1. The SMILES string of the molecule is CC(Sc1nnnn1-c1ccc(O)cc1)C(=O)N1CCCc2ccccc21. The van der Waals surface area contributed by atoms with E-state index in [0.717, 1.165) is 30.8 Å². The van der Waals surface area contributed by atoms with Crippen molar-refractivity contribution < 1.29 is 9.90 Å². The first-order valence-corrected chi connectivity index (χ1v) is 9.65. The lowest BCUT2D eigenvalue weighted by Crippen LogP contribution is -2.40. The van der Waals surface area contributed by atoms with Crippen LogP contribution in [0.4, 0.5) is 5.69 Å². The minimum Gasteiger partial charge on any atom is -0.508 e. The van der Waals surface area contributed by atoms with Crippen molar-refractivity contribution in [3.05, 3.63) is 54.1 Å². The second kappa shape index (κ2) is 7.40. The van der Waals surface area contributed by atoms with Gasteiger partial charge < -0.3 is 10.0 Å². The van der Waals surface area contributed by atoms with E-state index in [0.29, 0.717) is 5.16 Å². The fourth-order valence-electron chi connectivity index (χ4n) is 3.20. The maximum atomic E-state index is 13.1. The standard InChI is InChI=1S/C19H19N5O2S/c1-13(18(26)23-12-4-6-14-5-2-3-7-17(14)23)27-19-20-21-22-24(19)15-8-10-16(25)11-9-15/h2-3,5,7-11,13,25H,4,6,12H2,1H3. The normalized spacial score (nSPS) is 14.6. The number of hydrogen-bond acceptors (Lipinski definition) is 6. The Hall–Kier alpha value is -2.87. The molecule has 1 N–H and O–H groups in total.